The molecule has 0 heterocycles. The lowest BCUT2D eigenvalue weighted by atomic mass is 9.98. The molecule has 0 rings (SSSR count). The van der Waals surface area contributed by atoms with Gasteiger partial charge in [0.25, 0.3) is 10.1 Å². The Morgan fingerprint density at radius 3 is 1.09 bits per heavy atom. The first-order chi connectivity index (χ1) is 37.3. The molecule has 0 aromatic rings. The van der Waals surface area contributed by atoms with Gasteiger partial charge in [0.05, 0.1) is 18.0 Å². The molecule has 3 N–H and O–H groups in total. The molecule has 3 unspecified atom stereocenters. The Kier molecular flexibility index (Phi) is 48.3. The van der Waals surface area contributed by atoms with Gasteiger partial charge in [-0.05, 0) is 102 Å². The van der Waals surface area contributed by atoms with Crippen molar-refractivity contribution in [2.45, 2.75) is 289 Å². The molecular formula is C58H106O17S3. The number of rotatable bonds is 56. The number of ether oxygens (including phenoxy) is 3. The van der Waals surface area contributed by atoms with Crippen LogP contribution in [0.1, 0.15) is 271 Å². The topological polar surface area (TPSA) is 260 Å². The summed E-state index contributed by atoms with van der Waals surface area (Å²) in [6.07, 6.45) is 41.0. The summed E-state index contributed by atoms with van der Waals surface area (Å²) in [4.78, 5) is 38.4. The highest BCUT2D eigenvalue weighted by molar-refractivity contribution is 7.85. The predicted molar refractivity (Wildman–Crippen MR) is 309 cm³/mol. The highest BCUT2D eigenvalue weighted by Crippen LogP contribution is 2.20. The number of carbonyl (C=O) groups is 3. The van der Waals surface area contributed by atoms with Gasteiger partial charge in [0, 0.05) is 19.3 Å². The van der Waals surface area contributed by atoms with Crippen LogP contribution in [0.2, 0.25) is 0 Å². The van der Waals surface area contributed by atoms with Crippen molar-refractivity contribution in [3.05, 3.63) is 36.5 Å². The molecule has 0 saturated heterocycles. The minimum absolute atomic E-state index is 0.0921. The highest BCUT2D eigenvalue weighted by Gasteiger charge is 2.21. The van der Waals surface area contributed by atoms with Crippen molar-refractivity contribution in [1.82, 2.24) is 0 Å². The minimum atomic E-state index is -4.51. The van der Waals surface area contributed by atoms with Gasteiger partial charge in [0.1, 0.15) is 13.2 Å². The van der Waals surface area contributed by atoms with Gasteiger partial charge in [0.15, 0.2) is 6.10 Å². The second kappa shape index (κ2) is 50.0. The first kappa shape index (κ1) is 75.3. The zero-order valence-electron chi connectivity index (χ0n) is 48.3. The summed E-state index contributed by atoms with van der Waals surface area (Å²) in [7, 11) is -13.0. The van der Waals surface area contributed by atoms with Crippen LogP contribution in [0, 0.1) is 5.92 Å². The summed E-state index contributed by atoms with van der Waals surface area (Å²) in [5.74, 6) is -1.63. The first-order valence-electron chi connectivity index (χ1n) is 30.0. The number of esters is 3. The molecule has 17 nitrogen and oxygen atoms in total. The summed E-state index contributed by atoms with van der Waals surface area (Å²) >= 11 is 0. The SMILES string of the molecule is CCCCCCC(C/C=C\CCCCCCCC(=O)OC(COC(=O)CCCCCCC/C=C\CC(CCCCCC)OS(=O)(=O)O)COC(=O)CCCCCCC/C=C\CC(CCCCCC)OS(=O)(=O)O)CS(=O)(=O)O. The van der Waals surface area contributed by atoms with E-state index in [1.54, 1.807) is 0 Å². The van der Waals surface area contributed by atoms with Crippen LogP contribution in [0.3, 0.4) is 0 Å². The molecule has 0 amide bonds. The molecule has 78 heavy (non-hydrogen) atoms. The number of hydrogen-bond acceptors (Lipinski definition) is 14. The highest BCUT2D eigenvalue weighted by atomic mass is 32.3. The first-order valence-corrected chi connectivity index (χ1v) is 34.3. The van der Waals surface area contributed by atoms with Crippen molar-refractivity contribution >= 4 is 48.8 Å². The van der Waals surface area contributed by atoms with Crippen molar-refractivity contribution in [3.8, 4) is 0 Å². The van der Waals surface area contributed by atoms with E-state index in [1.807, 2.05) is 30.4 Å². The van der Waals surface area contributed by atoms with Gasteiger partial charge < -0.3 is 14.2 Å². The zero-order chi connectivity index (χ0) is 58.0. The number of carbonyl (C=O) groups excluding carboxylic acids is 3. The summed E-state index contributed by atoms with van der Waals surface area (Å²) in [6.45, 7) is 5.86. The van der Waals surface area contributed by atoms with Crippen molar-refractivity contribution in [1.29, 1.82) is 0 Å². The smallest absolute Gasteiger partial charge is 0.397 e. The number of hydrogen-bond donors (Lipinski definition) is 3. The summed E-state index contributed by atoms with van der Waals surface area (Å²) in [5.41, 5.74) is 0. The molecule has 0 saturated carbocycles. The second-order valence-corrected chi connectivity index (χ2v) is 24.6. The van der Waals surface area contributed by atoms with Crippen LogP contribution < -0.4 is 0 Å². The van der Waals surface area contributed by atoms with Crippen LogP contribution in [0.5, 0.6) is 0 Å². The molecule has 0 bridgehead atoms. The molecule has 0 spiro atoms. The van der Waals surface area contributed by atoms with Gasteiger partial charge >= 0.3 is 38.7 Å². The molecule has 0 aliphatic rings. The van der Waals surface area contributed by atoms with Crippen LogP contribution in [0.4, 0.5) is 0 Å². The second-order valence-electron chi connectivity index (χ2n) is 21.0. The Bertz CT molecular complexity index is 1830. The van der Waals surface area contributed by atoms with E-state index in [2.05, 4.69) is 26.8 Å². The van der Waals surface area contributed by atoms with Gasteiger partial charge in [-0.1, -0.05) is 192 Å². The lowest BCUT2D eigenvalue weighted by Gasteiger charge is -2.18. The van der Waals surface area contributed by atoms with Gasteiger partial charge in [-0.3, -0.25) is 28.0 Å². The molecule has 0 aliphatic carbocycles. The lowest BCUT2D eigenvalue weighted by molar-refractivity contribution is -0.167. The number of allylic oxidation sites excluding steroid dienone is 4. The Hall–Kier alpha value is -2.72. The van der Waals surface area contributed by atoms with E-state index in [4.69, 9.17) is 31.7 Å². The van der Waals surface area contributed by atoms with E-state index in [1.165, 1.54) is 0 Å². The average Bonchev–Trinajstić information content (AvgIpc) is 3.36. The van der Waals surface area contributed by atoms with Crippen LogP contribution >= 0.6 is 0 Å². The van der Waals surface area contributed by atoms with E-state index in [9.17, 15) is 44.2 Å². The Labute approximate surface area is 473 Å². The van der Waals surface area contributed by atoms with Crippen LogP contribution in [0.15, 0.2) is 36.5 Å². The van der Waals surface area contributed by atoms with Gasteiger partial charge in [-0.2, -0.15) is 25.3 Å². The fraction of sp³-hybridized carbons (Fsp3) is 0.845. The lowest BCUT2D eigenvalue weighted by Crippen LogP contribution is -2.30. The van der Waals surface area contributed by atoms with Crippen molar-refractivity contribution < 1.29 is 75.9 Å². The Balaban J connectivity index is 4.89. The molecule has 0 radical (unpaired) electrons. The third-order valence-corrected chi connectivity index (χ3v) is 15.3. The molecule has 0 fully saturated rings. The normalized spacial score (nSPS) is 14.1. The standard InChI is InChI=1S/C58H106O17S3/c1-4-7-10-31-40-52(51-76(62,63)64)41-32-25-19-13-16-24-30-39-48-58(61)73-55(49-71-56(59)46-37-28-22-17-14-20-26-35-44-53(74-77(65,66)67)42-33-11-8-5-2)50-72-57(60)47-38-29-23-18-15-21-27-36-45-54(75-78(68,69)70)43-34-12-9-6-3/h25-27,32,35-36,52-55H,4-24,28-31,33-34,37-51H2,1-3H3,(H,62,63,64)(H,65,66,67)(H,68,69,70)/b32-25-,35-26-,36-27-. The predicted octanol–water partition coefficient (Wildman–Crippen LogP) is 14.8. The van der Waals surface area contributed by atoms with Crippen LogP contribution in [-0.4, -0.2) is 94.1 Å². The molecule has 458 valence electrons. The molecule has 20 heteroatoms. The van der Waals surface area contributed by atoms with Crippen LogP contribution in [0.25, 0.3) is 0 Å². The van der Waals surface area contributed by atoms with Gasteiger partial charge in [-0.25, -0.2) is 8.37 Å². The maximum atomic E-state index is 12.9. The summed E-state index contributed by atoms with van der Waals surface area (Å²) in [6, 6.07) is 0. The van der Waals surface area contributed by atoms with Crippen molar-refractivity contribution in [3.63, 3.8) is 0 Å². The monoisotopic (exact) mass is 1170 g/mol. The molecule has 3 atom stereocenters. The van der Waals surface area contributed by atoms with Gasteiger partial charge in [0.2, 0.25) is 0 Å². The quantitative estimate of drug-likeness (QED) is 0.0168. The molecule has 0 aromatic carbocycles. The number of unbranched alkanes of at least 4 members (excludes halogenated alkanes) is 24. The fourth-order valence-corrected chi connectivity index (χ4v) is 10.9. The average molecular weight is 1170 g/mol. The minimum Gasteiger partial charge on any atom is -0.462 e. The fourth-order valence-electron chi connectivity index (χ4n) is 8.98. The van der Waals surface area contributed by atoms with Crippen LogP contribution in [-0.2, 0) is 67.9 Å². The maximum absolute atomic E-state index is 12.9. The van der Waals surface area contributed by atoms with Gasteiger partial charge in [-0.15, -0.1) is 0 Å². The Morgan fingerprint density at radius 2 is 0.718 bits per heavy atom. The van der Waals surface area contributed by atoms with Crippen molar-refractivity contribution in [2.75, 3.05) is 19.0 Å². The third kappa shape index (κ3) is 55.2. The van der Waals surface area contributed by atoms with E-state index >= 15 is 0 Å². The summed E-state index contributed by atoms with van der Waals surface area (Å²) in [5, 5.41) is 0. The zero-order valence-corrected chi connectivity index (χ0v) is 50.7. The Morgan fingerprint density at radius 1 is 0.385 bits per heavy atom. The van der Waals surface area contributed by atoms with E-state index in [0.29, 0.717) is 51.4 Å². The maximum Gasteiger partial charge on any atom is 0.397 e. The largest absolute Gasteiger partial charge is 0.462 e. The van der Waals surface area contributed by atoms with E-state index in [-0.39, 0.29) is 44.1 Å². The third-order valence-electron chi connectivity index (χ3n) is 13.4. The van der Waals surface area contributed by atoms with Crippen molar-refractivity contribution in [2.24, 2.45) is 5.92 Å². The molecular weight excluding hydrogens is 1060 g/mol. The van der Waals surface area contributed by atoms with E-state index in [0.717, 1.165) is 180 Å². The molecule has 0 aliphatic heterocycles. The molecule has 0 aromatic heterocycles. The summed E-state index contributed by atoms with van der Waals surface area (Å²) < 4.78 is 122. The van der Waals surface area contributed by atoms with E-state index < -0.39 is 67.1 Å².